The lowest BCUT2D eigenvalue weighted by Crippen LogP contribution is -2.22. The van der Waals surface area contributed by atoms with Gasteiger partial charge in [0.25, 0.3) is 0 Å². The fraction of sp³-hybridized carbons (Fsp3) is 0.533. The molecule has 0 bridgehead atoms. The second kappa shape index (κ2) is 4.23. The van der Waals surface area contributed by atoms with Crippen LogP contribution < -0.4 is 4.74 Å². The highest BCUT2D eigenvalue weighted by atomic mass is 32.1. The predicted molar refractivity (Wildman–Crippen MR) is 78.7 cm³/mol. The maximum Gasteiger partial charge on any atom is 0.141 e. The molecule has 0 radical (unpaired) electrons. The molecule has 2 aromatic rings. The van der Waals surface area contributed by atoms with Crippen LogP contribution in [0.2, 0.25) is 0 Å². The van der Waals surface area contributed by atoms with E-state index in [1.807, 2.05) is 12.3 Å². The smallest absolute Gasteiger partial charge is 0.141 e. The summed E-state index contributed by atoms with van der Waals surface area (Å²) in [5, 5.41) is 0. The third-order valence-electron chi connectivity index (χ3n) is 2.53. The van der Waals surface area contributed by atoms with Gasteiger partial charge in [0.15, 0.2) is 0 Å². The van der Waals surface area contributed by atoms with Gasteiger partial charge in [-0.25, -0.2) is 0 Å². The molecule has 2 aromatic heterocycles. The molecule has 0 aliphatic carbocycles. The summed E-state index contributed by atoms with van der Waals surface area (Å²) in [5.74, 6) is 0.938. The van der Waals surface area contributed by atoms with Crippen LogP contribution in [-0.4, -0.2) is 10.6 Å². The maximum absolute atomic E-state index is 6.01. The van der Waals surface area contributed by atoms with Crippen LogP contribution in [0, 0.1) is 0 Å². The number of hydrogen-bond donors (Lipinski definition) is 0. The number of rotatable bonds is 1. The van der Waals surface area contributed by atoms with E-state index in [-0.39, 0.29) is 11.0 Å². The molecular weight excluding hydrogens is 242 g/mol. The SMILES string of the molecule is CC(C)(C)Oc1ccnc2cc(C(C)(C)C)sc12. The molecule has 0 saturated carbocycles. The van der Waals surface area contributed by atoms with Gasteiger partial charge in [-0.2, -0.15) is 0 Å². The van der Waals surface area contributed by atoms with Crippen LogP contribution in [0.4, 0.5) is 0 Å². The van der Waals surface area contributed by atoms with Crippen LogP contribution in [-0.2, 0) is 5.41 Å². The van der Waals surface area contributed by atoms with E-state index in [1.165, 1.54) is 4.88 Å². The van der Waals surface area contributed by atoms with Crippen molar-refractivity contribution in [3.63, 3.8) is 0 Å². The van der Waals surface area contributed by atoms with Crippen molar-refractivity contribution in [1.29, 1.82) is 0 Å². The third-order valence-corrected chi connectivity index (χ3v) is 4.10. The van der Waals surface area contributed by atoms with Gasteiger partial charge in [-0.05, 0) is 32.3 Å². The van der Waals surface area contributed by atoms with E-state index in [0.29, 0.717) is 0 Å². The van der Waals surface area contributed by atoms with Gasteiger partial charge in [0, 0.05) is 17.1 Å². The van der Waals surface area contributed by atoms with Gasteiger partial charge >= 0.3 is 0 Å². The lowest BCUT2D eigenvalue weighted by Gasteiger charge is -2.21. The van der Waals surface area contributed by atoms with Crippen molar-refractivity contribution in [3.05, 3.63) is 23.2 Å². The number of thiophene rings is 1. The van der Waals surface area contributed by atoms with E-state index in [0.717, 1.165) is 16.0 Å². The standard InChI is InChI=1S/C15H21NOS/c1-14(2,3)12-9-10-13(18-12)11(7-8-16-10)17-15(4,5)6/h7-9H,1-6H3. The average Bonchev–Trinajstić information content (AvgIpc) is 2.59. The fourth-order valence-corrected chi connectivity index (χ4v) is 2.82. The van der Waals surface area contributed by atoms with Crippen molar-refractivity contribution in [1.82, 2.24) is 4.98 Å². The Morgan fingerprint density at radius 2 is 1.78 bits per heavy atom. The summed E-state index contributed by atoms with van der Waals surface area (Å²) in [6.45, 7) is 12.9. The first kappa shape index (κ1) is 13.3. The van der Waals surface area contributed by atoms with Crippen molar-refractivity contribution < 1.29 is 4.74 Å². The zero-order valence-corrected chi connectivity index (χ0v) is 12.8. The molecule has 98 valence electrons. The first-order chi connectivity index (χ1) is 8.17. The number of ether oxygens (including phenoxy) is 1. The third kappa shape index (κ3) is 2.83. The van der Waals surface area contributed by atoms with E-state index in [1.54, 1.807) is 11.3 Å². The molecule has 18 heavy (non-hydrogen) atoms. The average molecular weight is 263 g/mol. The topological polar surface area (TPSA) is 22.1 Å². The second-order valence-electron chi connectivity index (χ2n) is 6.60. The Morgan fingerprint density at radius 3 is 2.33 bits per heavy atom. The largest absolute Gasteiger partial charge is 0.487 e. The maximum atomic E-state index is 6.01. The molecule has 0 aliphatic heterocycles. The zero-order chi connectivity index (χ0) is 13.6. The van der Waals surface area contributed by atoms with Gasteiger partial charge in [0.2, 0.25) is 0 Å². The summed E-state index contributed by atoms with van der Waals surface area (Å²) < 4.78 is 7.16. The highest BCUT2D eigenvalue weighted by molar-refractivity contribution is 7.19. The Morgan fingerprint density at radius 1 is 1.11 bits per heavy atom. The highest BCUT2D eigenvalue weighted by Crippen LogP contribution is 2.38. The minimum atomic E-state index is -0.180. The van der Waals surface area contributed by atoms with Gasteiger partial charge in [0.1, 0.15) is 11.4 Å². The summed E-state index contributed by atoms with van der Waals surface area (Å²) in [6.07, 6.45) is 1.82. The number of hydrogen-bond acceptors (Lipinski definition) is 3. The molecule has 0 saturated heterocycles. The Balaban J connectivity index is 2.53. The molecular formula is C15H21NOS. The molecule has 0 spiro atoms. The van der Waals surface area contributed by atoms with Gasteiger partial charge in [0.05, 0.1) is 10.2 Å². The Labute approximate surface area is 113 Å². The van der Waals surface area contributed by atoms with Crippen LogP contribution in [0.25, 0.3) is 10.2 Å². The molecule has 0 aliphatic rings. The van der Waals surface area contributed by atoms with Crippen LogP contribution in [0.15, 0.2) is 18.3 Å². The molecule has 0 amide bonds. The number of fused-ring (bicyclic) bond motifs is 1. The lowest BCUT2D eigenvalue weighted by molar-refractivity contribution is 0.133. The molecule has 0 aromatic carbocycles. The summed E-state index contributed by atoms with van der Waals surface area (Å²) in [7, 11) is 0. The monoisotopic (exact) mass is 263 g/mol. The van der Waals surface area contributed by atoms with Gasteiger partial charge in [-0.15, -0.1) is 11.3 Å². The number of pyridine rings is 1. The highest BCUT2D eigenvalue weighted by Gasteiger charge is 2.20. The predicted octanol–water partition coefficient (Wildman–Crippen LogP) is 4.77. The fourth-order valence-electron chi connectivity index (χ4n) is 1.69. The van der Waals surface area contributed by atoms with E-state index in [2.05, 4.69) is 52.6 Å². The molecule has 3 heteroatoms. The van der Waals surface area contributed by atoms with Crippen LogP contribution in [0.3, 0.4) is 0 Å². The van der Waals surface area contributed by atoms with Gasteiger partial charge < -0.3 is 4.74 Å². The van der Waals surface area contributed by atoms with Crippen LogP contribution in [0.1, 0.15) is 46.4 Å². The van der Waals surface area contributed by atoms with Crippen molar-refractivity contribution >= 4 is 21.6 Å². The molecule has 2 rings (SSSR count). The molecule has 2 heterocycles. The Kier molecular flexibility index (Phi) is 3.14. The molecule has 0 unspecified atom stereocenters. The lowest BCUT2D eigenvalue weighted by atomic mass is 9.95. The van der Waals surface area contributed by atoms with Crippen molar-refractivity contribution in [2.24, 2.45) is 0 Å². The summed E-state index contributed by atoms with van der Waals surface area (Å²) in [4.78, 5) is 5.78. The summed E-state index contributed by atoms with van der Waals surface area (Å²) in [6, 6.07) is 4.13. The molecule has 0 fully saturated rings. The Bertz CT molecular complexity index is 558. The number of nitrogens with zero attached hydrogens (tertiary/aromatic N) is 1. The van der Waals surface area contributed by atoms with Crippen LogP contribution >= 0.6 is 11.3 Å². The Hall–Kier alpha value is -1.09. The summed E-state index contributed by atoms with van der Waals surface area (Å²) >= 11 is 1.78. The molecule has 2 nitrogen and oxygen atoms in total. The first-order valence-corrected chi connectivity index (χ1v) is 7.06. The first-order valence-electron chi connectivity index (χ1n) is 6.25. The molecule has 0 N–H and O–H groups in total. The normalized spacial score (nSPS) is 13.0. The number of aromatic nitrogens is 1. The van der Waals surface area contributed by atoms with E-state index < -0.39 is 0 Å². The van der Waals surface area contributed by atoms with E-state index in [9.17, 15) is 0 Å². The molecule has 0 atom stereocenters. The van der Waals surface area contributed by atoms with E-state index >= 15 is 0 Å². The van der Waals surface area contributed by atoms with Gasteiger partial charge in [-0.3, -0.25) is 4.98 Å². The minimum absolute atomic E-state index is 0.157. The van der Waals surface area contributed by atoms with E-state index in [4.69, 9.17) is 4.74 Å². The quantitative estimate of drug-likeness (QED) is 0.739. The second-order valence-corrected chi connectivity index (χ2v) is 7.65. The van der Waals surface area contributed by atoms with Crippen molar-refractivity contribution in [2.45, 2.75) is 52.6 Å². The van der Waals surface area contributed by atoms with Crippen LogP contribution in [0.5, 0.6) is 5.75 Å². The van der Waals surface area contributed by atoms with Gasteiger partial charge in [-0.1, -0.05) is 20.8 Å². The minimum Gasteiger partial charge on any atom is -0.487 e. The van der Waals surface area contributed by atoms with Crippen molar-refractivity contribution in [2.75, 3.05) is 0 Å². The zero-order valence-electron chi connectivity index (χ0n) is 12.0. The van der Waals surface area contributed by atoms with Crippen molar-refractivity contribution in [3.8, 4) is 5.75 Å². The summed E-state index contributed by atoms with van der Waals surface area (Å²) in [5.41, 5.74) is 1.01.